The molecule has 0 aromatic carbocycles. The first-order chi connectivity index (χ1) is 9.35. The molecule has 0 bridgehead atoms. The van der Waals surface area contributed by atoms with Gasteiger partial charge in [-0.25, -0.2) is 0 Å². The van der Waals surface area contributed by atoms with E-state index in [1.165, 1.54) is 0 Å². The quantitative estimate of drug-likeness (QED) is 0.686. The number of ether oxygens (including phenoxy) is 2. The molecule has 0 radical (unpaired) electrons. The molecule has 2 atom stereocenters. The van der Waals surface area contributed by atoms with E-state index in [1.54, 1.807) is 0 Å². The summed E-state index contributed by atoms with van der Waals surface area (Å²) < 4.78 is 45.6. The SMILES string of the molecule is CCCN(CCOCC(F)(F)F)C1COCC1C(=O)O. The summed E-state index contributed by atoms with van der Waals surface area (Å²) in [7, 11) is 0. The van der Waals surface area contributed by atoms with Gasteiger partial charge in [-0.1, -0.05) is 6.92 Å². The lowest BCUT2D eigenvalue weighted by Gasteiger charge is -2.29. The van der Waals surface area contributed by atoms with Crippen LogP contribution in [0.25, 0.3) is 0 Å². The van der Waals surface area contributed by atoms with Crippen molar-refractivity contribution in [2.45, 2.75) is 25.6 Å². The van der Waals surface area contributed by atoms with Crippen molar-refractivity contribution in [2.75, 3.05) is 39.5 Å². The molecule has 8 heteroatoms. The maximum atomic E-state index is 12.0. The molecule has 1 aliphatic rings. The van der Waals surface area contributed by atoms with Gasteiger partial charge in [0, 0.05) is 12.6 Å². The summed E-state index contributed by atoms with van der Waals surface area (Å²) in [6.45, 7) is 1.86. The van der Waals surface area contributed by atoms with Gasteiger partial charge in [-0.15, -0.1) is 0 Å². The van der Waals surface area contributed by atoms with Crippen molar-refractivity contribution in [1.29, 1.82) is 0 Å². The molecule has 0 amide bonds. The summed E-state index contributed by atoms with van der Waals surface area (Å²) in [5.41, 5.74) is 0. The monoisotopic (exact) mass is 299 g/mol. The van der Waals surface area contributed by atoms with Gasteiger partial charge in [-0.05, 0) is 13.0 Å². The van der Waals surface area contributed by atoms with Crippen LogP contribution in [-0.2, 0) is 14.3 Å². The Morgan fingerprint density at radius 1 is 1.40 bits per heavy atom. The van der Waals surface area contributed by atoms with Crippen LogP contribution in [0.2, 0.25) is 0 Å². The zero-order chi connectivity index (χ0) is 15.2. The molecule has 1 saturated heterocycles. The fourth-order valence-corrected chi connectivity index (χ4v) is 2.24. The van der Waals surface area contributed by atoms with Crippen LogP contribution in [0, 0.1) is 5.92 Å². The molecule has 5 nitrogen and oxygen atoms in total. The zero-order valence-electron chi connectivity index (χ0n) is 11.4. The highest BCUT2D eigenvalue weighted by molar-refractivity contribution is 5.71. The zero-order valence-corrected chi connectivity index (χ0v) is 11.4. The topological polar surface area (TPSA) is 59.0 Å². The summed E-state index contributed by atoms with van der Waals surface area (Å²) in [5, 5.41) is 9.09. The van der Waals surface area contributed by atoms with Gasteiger partial charge in [-0.3, -0.25) is 9.69 Å². The van der Waals surface area contributed by atoms with E-state index in [-0.39, 0.29) is 32.4 Å². The molecule has 0 aromatic heterocycles. The molecule has 0 aromatic rings. The number of nitrogens with zero attached hydrogens (tertiary/aromatic N) is 1. The summed E-state index contributed by atoms with van der Waals surface area (Å²) in [6, 6.07) is -0.304. The summed E-state index contributed by atoms with van der Waals surface area (Å²) in [4.78, 5) is 12.9. The largest absolute Gasteiger partial charge is 0.481 e. The van der Waals surface area contributed by atoms with Crippen molar-refractivity contribution in [2.24, 2.45) is 5.92 Å². The lowest BCUT2D eigenvalue weighted by atomic mass is 10.0. The Morgan fingerprint density at radius 3 is 2.65 bits per heavy atom. The number of halogens is 3. The highest BCUT2D eigenvalue weighted by atomic mass is 19.4. The Labute approximate surface area is 115 Å². The van der Waals surface area contributed by atoms with Gasteiger partial charge in [0.1, 0.15) is 6.61 Å². The van der Waals surface area contributed by atoms with Crippen molar-refractivity contribution in [3.63, 3.8) is 0 Å². The van der Waals surface area contributed by atoms with Crippen LogP contribution in [0.15, 0.2) is 0 Å². The van der Waals surface area contributed by atoms with E-state index in [2.05, 4.69) is 4.74 Å². The summed E-state index contributed by atoms with van der Waals surface area (Å²) in [5.74, 6) is -1.58. The molecular weight excluding hydrogens is 279 g/mol. The Hall–Kier alpha value is -0.860. The summed E-state index contributed by atoms with van der Waals surface area (Å²) >= 11 is 0. The van der Waals surface area contributed by atoms with Crippen LogP contribution >= 0.6 is 0 Å². The third-order valence-corrected chi connectivity index (χ3v) is 3.14. The maximum Gasteiger partial charge on any atom is 0.411 e. The van der Waals surface area contributed by atoms with Crippen molar-refractivity contribution >= 4 is 5.97 Å². The molecule has 2 unspecified atom stereocenters. The molecule has 1 heterocycles. The molecule has 0 saturated carbocycles. The third-order valence-electron chi connectivity index (χ3n) is 3.14. The third kappa shape index (κ3) is 5.64. The number of hydrogen-bond donors (Lipinski definition) is 1. The van der Waals surface area contributed by atoms with Crippen LogP contribution in [0.4, 0.5) is 13.2 Å². The number of carbonyl (C=O) groups is 1. The predicted molar refractivity (Wildman–Crippen MR) is 64.5 cm³/mol. The second-order valence-corrected chi connectivity index (χ2v) is 4.75. The minimum absolute atomic E-state index is 0.0810. The van der Waals surface area contributed by atoms with Crippen LogP contribution in [0.1, 0.15) is 13.3 Å². The molecule has 0 spiro atoms. The number of carboxylic acid groups (broad SMARTS) is 1. The van der Waals surface area contributed by atoms with Gasteiger partial charge < -0.3 is 14.6 Å². The number of hydrogen-bond acceptors (Lipinski definition) is 4. The summed E-state index contributed by atoms with van der Waals surface area (Å²) in [6.07, 6.45) is -3.56. The Bertz CT molecular complexity index is 312. The van der Waals surface area contributed by atoms with Gasteiger partial charge in [0.15, 0.2) is 0 Å². The van der Waals surface area contributed by atoms with E-state index in [0.717, 1.165) is 6.42 Å². The number of carboxylic acids is 1. The maximum absolute atomic E-state index is 12.0. The molecule has 0 aliphatic carbocycles. The normalized spacial score (nSPS) is 23.4. The van der Waals surface area contributed by atoms with Crippen LogP contribution in [0.3, 0.4) is 0 Å². The lowest BCUT2D eigenvalue weighted by molar-refractivity contribution is -0.175. The van der Waals surface area contributed by atoms with E-state index in [0.29, 0.717) is 6.54 Å². The first-order valence-electron chi connectivity index (χ1n) is 6.54. The van der Waals surface area contributed by atoms with Gasteiger partial charge in [0.25, 0.3) is 0 Å². The molecule has 118 valence electrons. The lowest BCUT2D eigenvalue weighted by Crippen LogP contribution is -2.45. The van der Waals surface area contributed by atoms with E-state index >= 15 is 0 Å². The molecule has 1 N–H and O–H groups in total. The Morgan fingerprint density at radius 2 is 2.10 bits per heavy atom. The molecule has 1 fully saturated rings. The number of aliphatic carboxylic acids is 1. The first-order valence-corrected chi connectivity index (χ1v) is 6.54. The van der Waals surface area contributed by atoms with Gasteiger partial charge >= 0.3 is 12.1 Å². The van der Waals surface area contributed by atoms with Crippen molar-refractivity contribution < 1.29 is 32.5 Å². The van der Waals surface area contributed by atoms with E-state index in [4.69, 9.17) is 9.84 Å². The van der Waals surface area contributed by atoms with E-state index < -0.39 is 24.7 Å². The van der Waals surface area contributed by atoms with Crippen LogP contribution in [-0.4, -0.2) is 67.7 Å². The van der Waals surface area contributed by atoms with E-state index in [1.807, 2.05) is 11.8 Å². The van der Waals surface area contributed by atoms with E-state index in [9.17, 15) is 18.0 Å². The smallest absolute Gasteiger partial charge is 0.411 e. The number of rotatable bonds is 8. The molecule has 1 aliphatic heterocycles. The van der Waals surface area contributed by atoms with Crippen molar-refractivity contribution in [3.8, 4) is 0 Å². The predicted octanol–water partition coefficient (Wildman–Crippen LogP) is 1.38. The fraction of sp³-hybridized carbons (Fsp3) is 0.917. The van der Waals surface area contributed by atoms with Crippen LogP contribution in [0.5, 0.6) is 0 Å². The minimum Gasteiger partial charge on any atom is -0.481 e. The molecule has 20 heavy (non-hydrogen) atoms. The average molecular weight is 299 g/mol. The Balaban J connectivity index is 2.45. The van der Waals surface area contributed by atoms with Gasteiger partial charge in [0.05, 0.1) is 25.7 Å². The second kappa shape index (κ2) is 7.80. The molecular formula is C12H20F3NO4. The van der Waals surface area contributed by atoms with Gasteiger partial charge in [-0.2, -0.15) is 13.2 Å². The van der Waals surface area contributed by atoms with Crippen molar-refractivity contribution in [1.82, 2.24) is 4.90 Å². The Kier molecular flexibility index (Phi) is 6.70. The highest BCUT2D eigenvalue weighted by Crippen LogP contribution is 2.20. The standard InChI is InChI=1S/C12H20F3NO4/c1-2-3-16(4-5-19-8-12(13,14)15)10-7-20-6-9(10)11(17)18/h9-10H,2-8H2,1H3,(H,17,18). The number of alkyl halides is 3. The second-order valence-electron chi connectivity index (χ2n) is 4.75. The highest BCUT2D eigenvalue weighted by Gasteiger charge is 2.37. The minimum atomic E-state index is -4.34. The van der Waals surface area contributed by atoms with Gasteiger partial charge in [0.2, 0.25) is 0 Å². The molecule has 1 rings (SSSR count). The fourth-order valence-electron chi connectivity index (χ4n) is 2.24. The van der Waals surface area contributed by atoms with Crippen LogP contribution < -0.4 is 0 Å². The first kappa shape index (κ1) is 17.2. The average Bonchev–Trinajstić information content (AvgIpc) is 2.81. The van der Waals surface area contributed by atoms with Crippen molar-refractivity contribution in [3.05, 3.63) is 0 Å².